The number of hydrogen-bond acceptors (Lipinski definition) is 4. The Hall–Kier alpha value is -3.81. The average Bonchev–Trinajstić information content (AvgIpc) is 3.26. The number of halogens is 1. The molecular weight excluding hydrogens is 421 g/mol. The van der Waals surface area contributed by atoms with E-state index in [-0.39, 0.29) is 37.0 Å². The van der Waals surface area contributed by atoms with Crippen LogP contribution in [0, 0.1) is 5.82 Å². The highest BCUT2D eigenvalue weighted by Crippen LogP contribution is 2.25. The zero-order chi connectivity index (χ0) is 22.8. The van der Waals surface area contributed by atoms with Crippen LogP contribution in [0.2, 0.25) is 0 Å². The summed E-state index contributed by atoms with van der Waals surface area (Å²) in [7, 11) is 0. The molecule has 2 aliphatic heterocycles. The van der Waals surface area contributed by atoms with Gasteiger partial charge in [0.15, 0.2) is 0 Å². The highest BCUT2D eigenvalue weighted by molar-refractivity contribution is 6.43. The number of amides is 2. The summed E-state index contributed by atoms with van der Waals surface area (Å²) in [6, 6.07) is 13.5. The lowest BCUT2D eigenvalue weighted by Crippen LogP contribution is -2.36. The Morgan fingerprint density at radius 1 is 1.06 bits per heavy atom. The minimum atomic E-state index is -0.342. The molecule has 0 saturated heterocycles. The molecule has 3 aromatic rings. The first-order valence-electron chi connectivity index (χ1n) is 11.2. The SMILES string of the molecule is O=C(Nc1cccc(-c2cn3c(n2)CCCC3)c1)C1=NN(Cc2ccc(F)cc2)C(=O)CC1. The molecule has 2 aromatic carbocycles. The predicted octanol–water partition coefficient (Wildman–Crippen LogP) is 4.14. The topological polar surface area (TPSA) is 79.6 Å². The number of carbonyl (C=O) groups is 2. The average molecular weight is 445 g/mol. The van der Waals surface area contributed by atoms with E-state index >= 15 is 0 Å². The summed E-state index contributed by atoms with van der Waals surface area (Å²) in [6.07, 6.45) is 5.87. The third-order valence-electron chi connectivity index (χ3n) is 5.94. The molecule has 33 heavy (non-hydrogen) atoms. The van der Waals surface area contributed by atoms with Crippen molar-refractivity contribution in [3.8, 4) is 11.3 Å². The smallest absolute Gasteiger partial charge is 0.271 e. The second kappa shape index (κ2) is 8.97. The maximum Gasteiger partial charge on any atom is 0.271 e. The molecule has 0 radical (unpaired) electrons. The van der Waals surface area contributed by atoms with Gasteiger partial charge in [-0.3, -0.25) is 9.59 Å². The normalized spacial score (nSPS) is 15.7. The molecule has 5 rings (SSSR count). The van der Waals surface area contributed by atoms with Gasteiger partial charge < -0.3 is 9.88 Å². The van der Waals surface area contributed by atoms with E-state index in [1.165, 1.54) is 23.6 Å². The van der Waals surface area contributed by atoms with Crippen LogP contribution in [0.4, 0.5) is 10.1 Å². The summed E-state index contributed by atoms with van der Waals surface area (Å²) in [4.78, 5) is 29.9. The summed E-state index contributed by atoms with van der Waals surface area (Å²) < 4.78 is 15.3. The molecular formula is C25H24FN5O2. The van der Waals surface area contributed by atoms with Crippen LogP contribution in [0.5, 0.6) is 0 Å². The Morgan fingerprint density at radius 3 is 2.73 bits per heavy atom. The second-order valence-corrected chi connectivity index (χ2v) is 8.35. The van der Waals surface area contributed by atoms with Crippen molar-refractivity contribution in [2.45, 2.75) is 45.2 Å². The van der Waals surface area contributed by atoms with Crippen LogP contribution >= 0.6 is 0 Å². The van der Waals surface area contributed by atoms with Gasteiger partial charge in [-0.05, 0) is 42.7 Å². The van der Waals surface area contributed by atoms with Crippen molar-refractivity contribution in [1.82, 2.24) is 14.6 Å². The third kappa shape index (κ3) is 4.69. The van der Waals surface area contributed by atoms with E-state index in [0.717, 1.165) is 42.0 Å². The van der Waals surface area contributed by atoms with Gasteiger partial charge in [-0.1, -0.05) is 24.3 Å². The maximum absolute atomic E-state index is 13.1. The van der Waals surface area contributed by atoms with E-state index in [1.807, 2.05) is 24.3 Å². The first-order chi connectivity index (χ1) is 16.0. The lowest BCUT2D eigenvalue weighted by atomic mass is 10.1. The Kier molecular flexibility index (Phi) is 5.73. The molecule has 168 valence electrons. The molecule has 0 spiro atoms. The molecule has 0 bridgehead atoms. The number of imidazole rings is 1. The molecule has 0 atom stereocenters. The number of aromatic nitrogens is 2. The highest BCUT2D eigenvalue weighted by Gasteiger charge is 2.25. The number of nitrogens with zero attached hydrogens (tertiary/aromatic N) is 4. The van der Waals surface area contributed by atoms with Crippen molar-refractivity contribution >= 4 is 23.2 Å². The summed E-state index contributed by atoms with van der Waals surface area (Å²) in [5.41, 5.74) is 3.51. The molecule has 0 aliphatic carbocycles. The quantitative estimate of drug-likeness (QED) is 0.641. The molecule has 1 aromatic heterocycles. The van der Waals surface area contributed by atoms with Crippen molar-refractivity contribution in [1.29, 1.82) is 0 Å². The van der Waals surface area contributed by atoms with Crippen molar-refractivity contribution in [2.24, 2.45) is 5.10 Å². The highest BCUT2D eigenvalue weighted by atomic mass is 19.1. The van der Waals surface area contributed by atoms with Crippen LogP contribution in [0.1, 0.15) is 37.1 Å². The van der Waals surface area contributed by atoms with Crippen LogP contribution in [-0.2, 0) is 29.1 Å². The number of anilines is 1. The first kappa shape index (κ1) is 21.1. The Bertz CT molecular complexity index is 1210. The van der Waals surface area contributed by atoms with Gasteiger partial charge in [-0.15, -0.1) is 0 Å². The number of hydrazone groups is 1. The minimum Gasteiger partial charge on any atom is -0.334 e. The lowest BCUT2D eigenvalue weighted by molar-refractivity contribution is -0.132. The maximum atomic E-state index is 13.1. The van der Waals surface area contributed by atoms with E-state index in [4.69, 9.17) is 4.98 Å². The van der Waals surface area contributed by atoms with E-state index in [2.05, 4.69) is 21.2 Å². The zero-order valence-electron chi connectivity index (χ0n) is 18.1. The van der Waals surface area contributed by atoms with Crippen molar-refractivity contribution < 1.29 is 14.0 Å². The number of carbonyl (C=O) groups excluding carboxylic acids is 2. The molecule has 7 nitrogen and oxygen atoms in total. The molecule has 1 N–H and O–H groups in total. The number of hydrogen-bond donors (Lipinski definition) is 1. The van der Waals surface area contributed by atoms with Gasteiger partial charge in [0.1, 0.15) is 17.4 Å². The fourth-order valence-electron chi connectivity index (χ4n) is 4.16. The number of nitrogens with one attached hydrogen (secondary N) is 1. The van der Waals surface area contributed by atoms with Crippen molar-refractivity contribution in [2.75, 3.05) is 5.32 Å². The lowest BCUT2D eigenvalue weighted by Gasteiger charge is -2.23. The standard InChI is InChI=1S/C25H24FN5O2/c26-19-9-7-17(8-10-19)15-31-24(32)12-11-21(29-31)25(33)27-20-5-3-4-18(14-20)22-16-30-13-2-1-6-23(30)28-22/h3-5,7-10,14,16H,1-2,6,11-13,15H2,(H,27,33). The third-order valence-corrected chi connectivity index (χ3v) is 5.94. The van der Waals surface area contributed by atoms with E-state index < -0.39 is 0 Å². The fourth-order valence-corrected chi connectivity index (χ4v) is 4.16. The van der Waals surface area contributed by atoms with Crippen LogP contribution in [0.3, 0.4) is 0 Å². The summed E-state index contributed by atoms with van der Waals surface area (Å²) in [6.45, 7) is 1.18. The fraction of sp³-hybridized carbons (Fsp3) is 0.280. The summed E-state index contributed by atoms with van der Waals surface area (Å²) in [5, 5.41) is 8.45. The minimum absolute atomic E-state index is 0.165. The molecule has 0 saturated carbocycles. The van der Waals surface area contributed by atoms with Gasteiger partial charge in [0.05, 0.1) is 12.2 Å². The number of benzene rings is 2. The molecule has 3 heterocycles. The van der Waals surface area contributed by atoms with Crippen LogP contribution in [-0.4, -0.2) is 32.1 Å². The molecule has 0 fully saturated rings. The second-order valence-electron chi connectivity index (χ2n) is 8.35. The van der Waals surface area contributed by atoms with Crippen LogP contribution in [0.15, 0.2) is 59.8 Å². The van der Waals surface area contributed by atoms with Crippen LogP contribution < -0.4 is 5.32 Å². The van der Waals surface area contributed by atoms with Gasteiger partial charge >= 0.3 is 0 Å². The predicted molar refractivity (Wildman–Crippen MR) is 123 cm³/mol. The number of rotatable bonds is 5. The van der Waals surface area contributed by atoms with Gasteiger partial charge in [0.25, 0.3) is 5.91 Å². The van der Waals surface area contributed by atoms with Gasteiger partial charge in [-0.25, -0.2) is 14.4 Å². The van der Waals surface area contributed by atoms with E-state index in [9.17, 15) is 14.0 Å². The molecule has 2 aliphatic rings. The largest absolute Gasteiger partial charge is 0.334 e. The first-order valence-corrected chi connectivity index (χ1v) is 11.2. The summed E-state index contributed by atoms with van der Waals surface area (Å²) in [5.74, 6) is 0.257. The summed E-state index contributed by atoms with van der Waals surface area (Å²) >= 11 is 0. The zero-order valence-corrected chi connectivity index (χ0v) is 18.1. The Balaban J connectivity index is 1.30. The number of aryl methyl sites for hydroxylation is 2. The molecule has 0 unspecified atom stereocenters. The van der Waals surface area contributed by atoms with Crippen LogP contribution in [0.25, 0.3) is 11.3 Å². The molecule has 2 amide bonds. The number of fused-ring (bicyclic) bond motifs is 1. The van der Waals surface area contributed by atoms with Gasteiger partial charge in [0, 0.05) is 43.3 Å². The Morgan fingerprint density at radius 2 is 1.91 bits per heavy atom. The van der Waals surface area contributed by atoms with Crippen molar-refractivity contribution in [3.05, 3.63) is 71.9 Å². The van der Waals surface area contributed by atoms with Crippen molar-refractivity contribution in [3.63, 3.8) is 0 Å². The van der Waals surface area contributed by atoms with Gasteiger partial charge in [0.2, 0.25) is 5.91 Å². The Labute approximate surface area is 190 Å². The van der Waals surface area contributed by atoms with Gasteiger partial charge in [-0.2, -0.15) is 5.10 Å². The molecule has 8 heteroatoms. The monoisotopic (exact) mass is 445 g/mol. The van der Waals surface area contributed by atoms with E-state index in [1.54, 1.807) is 12.1 Å². The van der Waals surface area contributed by atoms with E-state index in [0.29, 0.717) is 11.4 Å².